The first-order valence-electron chi connectivity index (χ1n) is 12.8. The Morgan fingerprint density at radius 2 is 1.92 bits per heavy atom. The normalized spacial score (nSPS) is 16.0. The maximum atomic E-state index is 13.2. The van der Waals surface area contributed by atoms with Crippen LogP contribution in [0.5, 0.6) is 0 Å². The topological polar surface area (TPSA) is 67.2 Å². The lowest BCUT2D eigenvalue weighted by Crippen LogP contribution is -2.30. The molecule has 0 fully saturated rings. The van der Waals surface area contributed by atoms with Gasteiger partial charge in [-0.15, -0.1) is 0 Å². The Kier molecular flexibility index (Phi) is 8.75. The van der Waals surface area contributed by atoms with Crippen LogP contribution in [0.3, 0.4) is 0 Å². The molecule has 1 aliphatic heterocycles. The predicted octanol–water partition coefficient (Wildman–Crippen LogP) is 5.88. The van der Waals surface area contributed by atoms with Gasteiger partial charge in [0, 0.05) is 47.7 Å². The van der Waals surface area contributed by atoms with Crippen molar-refractivity contribution in [3.63, 3.8) is 0 Å². The third-order valence-corrected chi connectivity index (χ3v) is 7.63. The number of anilines is 2. The monoisotopic (exact) mass is 504 g/mol. The van der Waals surface area contributed by atoms with Crippen LogP contribution in [-0.2, 0) is 27.9 Å². The summed E-state index contributed by atoms with van der Waals surface area (Å²) in [4.78, 5) is 20.5. The molecule has 0 bridgehead atoms. The van der Waals surface area contributed by atoms with Crippen molar-refractivity contribution in [1.82, 2.24) is 9.55 Å². The minimum absolute atomic E-state index is 0.0838. The molecule has 4 rings (SSSR count). The standard InChI is InChI=1S/C29H36N4O2S/c1-4-15-33-21-30-18-26(33)20-36(35)27-13-11-25(12-14-27)31-29(34)24-9-7-16-32(19-22(2)3)28-10-6-5-8-23(28)17-24/h5-6,8,10-14,17-18,21-22H,4,7,9,15-16,19-20H2,1-3H3,(H,31,34)/b24-17+. The van der Waals surface area contributed by atoms with Gasteiger partial charge in [-0.2, -0.15) is 0 Å². The maximum Gasteiger partial charge on any atom is 0.251 e. The van der Waals surface area contributed by atoms with Crippen LogP contribution in [0.15, 0.2) is 71.5 Å². The fraction of sp³-hybridized carbons (Fsp3) is 0.379. The van der Waals surface area contributed by atoms with Crippen molar-refractivity contribution in [2.45, 2.75) is 57.2 Å². The number of nitrogens with zero attached hydrogens (tertiary/aromatic N) is 3. The average Bonchev–Trinajstić information content (AvgIpc) is 3.28. The number of fused-ring (bicyclic) bond motifs is 1. The molecule has 7 heteroatoms. The number of benzene rings is 2. The van der Waals surface area contributed by atoms with Crippen LogP contribution in [0, 0.1) is 5.92 Å². The molecule has 1 N–H and O–H groups in total. The van der Waals surface area contributed by atoms with Gasteiger partial charge in [0.2, 0.25) is 0 Å². The zero-order valence-corrected chi connectivity index (χ0v) is 22.3. The lowest BCUT2D eigenvalue weighted by atomic mass is 10.00. The van der Waals surface area contributed by atoms with E-state index in [1.54, 1.807) is 12.5 Å². The van der Waals surface area contributed by atoms with Crippen LogP contribution in [0.4, 0.5) is 11.4 Å². The predicted molar refractivity (Wildman–Crippen MR) is 148 cm³/mol. The number of para-hydroxylation sites is 1. The zero-order chi connectivity index (χ0) is 25.5. The second kappa shape index (κ2) is 12.2. The molecule has 1 aromatic heterocycles. The fourth-order valence-corrected chi connectivity index (χ4v) is 5.69. The van der Waals surface area contributed by atoms with Gasteiger partial charge in [0.15, 0.2) is 0 Å². The first kappa shape index (κ1) is 25.9. The van der Waals surface area contributed by atoms with Gasteiger partial charge in [0.05, 0.1) is 28.6 Å². The average molecular weight is 505 g/mol. The number of amides is 1. The van der Waals surface area contributed by atoms with Crippen LogP contribution in [0.1, 0.15) is 51.3 Å². The Labute approximate surface area is 216 Å². The smallest absolute Gasteiger partial charge is 0.251 e. The van der Waals surface area contributed by atoms with E-state index in [2.05, 4.69) is 58.7 Å². The highest BCUT2D eigenvalue weighted by Gasteiger charge is 2.18. The largest absolute Gasteiger partial charge is 0.371 e. The van der Waals surface area contributed by atoms with Crippen molar-refractivity contribution in [3.8, 4) is 0 Å². The third-order valence-electron chi connectivity index (χ3n) is 6.28. The molecule has 2 heterocycles. The molecule has 36 heavy (non-hydrogen) atoms. The number of aromatic nitrogens is 2. The van der Waals surface area contributed by atoms with E-state index >= 15 is 0 Å². The third kappa shape index (κ3) is 6.52. The highest BCUT2D eigenvalue weighted by atomic mass is 32.2. The van der Waals surface area contributed by atoms with E-state index in [1.807, 2.05) is 36.4 Å². The Morgan fingerprint density at radius 1 is 1.14 bits per heavy atom. The minimum atomic E-state index is -1.18. The van der Waals surface area contributed by atoms with Gasteiger partial charge in [0.25, 0.3) is 5.91 Å². The molecule has 1 atom stereocenters. The number of carbonyl (C=O) groups is 1. The number of nitrogens with one attached hydrogen (secondary N) is 1. The van der Waals surface area contributed by atoms with Crippen molar-refractivity contribution in [2.75, 3.05) is 23.3 Å². The Hall–Kier alpha value is -3.19. The van der Waals surface area contributed by atoms with Crippen LogP contribution >= 0.6 is 0 Å². The molecule has 0 radical (unpaired) electrons. The number of carbonyl (C=O) groups excluding carboxylic acids is 1. The van der Waals surface area contributed by atoms with Gasteiger partial charge in [0.1, 0.15) is 0 Å². The minimum Gasteiger partial charge on any atom is -0.371 e. The molecule has 0 aliphatic carbocycles. The van der Waals surface area contributed by atoms with Gasteiger partial charge in [-0.1, -0.05) is 39.0 Å². The summed E-state index contributed by atoms with van der Waals surface area (Å²) < 4.78 is 15.0. The fourth-order valence-electron chi connectivity index (χ4n) is 4.58. The van der Waals surface area contributed by atoms with Crippen LogP contribution < -0.4 is 10.2 Å². The van der Waals surface area contributed by atoms with Crippen LogP contribution in [0.25, 0.3) is 6.08 Å². The molecular formula is C29H36N4O2S. The first-order chi connectivity index (χ1) is 17.4. The molecule has 2 aromatic carbocycles. The van der Waals surface area contributed by atoms with E-state index in [-0.39, 0.29) is 5.91 Å². The van der Waals surface area contributed by atoms with E-state index < -0.39 is 10.8 Å². The molecule has 1 aliphatic rings. The first-order valence-corrected chi connectivity index (χ1v) is 14.1. The number of hydrogen-bond acceptors (Lipinski definition) is 4. The molecule has 0 saturated carbocycles. The number of imidazole rings is 1. The Bertz CT molecular complexity index is 1230. The van der Waals surface area contributed by atoms with Gasteiger partial charge in [-0.05, 0) is 67.2 Å². The zero-order valence-electron chi connectivity index (χ0n) is 21.4. The molecule has 1 amide bonds. The van der Waals surface area contributed by atoms with Crippen molar-refractivity contribution >= 4 is 34.2 Å². The lowest BCUT2D eigenvalue weighted by molar-refractivity contribution is -0.112. The van der Waals surface area contributed by atoms with Crippen LogP contribution in [-0.4, -0.2) is 32.8 Å². The molecule has 0 saturated heterocycles. The van der Waals surface area contributed by atoms with Gasteiger partial charge in [-0.3, -0.25) is 9.00 Å². The summed E-state index contributed by atoms with van der Waals surface area (Å²) in [6.45, 7) is 9.38. The molecule has 6 nitrogen and oxygen atoms in total. The van der Waals surface area contributed by atoms with Crippen molar-refractivity contribution in [3.05, 3.63) is 77.9 Å². The van der Waals surface area contributed by atoms with Gasteiger partial charge in [-0.25, -0.2) is 4.98 Å². The van der Waals surface area contributed by atoms with Gasteiger partial charge >= 0.3 is 0 Å². The number of hydrogen-bond donors (Lipinski definition) is 1. The van der Waals surface area contributed by atoms with Crippen LogP contribution in [0.2, 0.25) is 0 Å². The molecule has 0 spiro atoms. The molecule has 3 aromatic rings. The highest BCUT2D eigenvalue weighted by Crippen LogP contribution is 2.28. The molecule has 190 valence electrons. The van der Waals surface area contributed by atoms with E-state index in [1.165, 1.54) is 5.69 Å². The van der Waals surface area contributed by atoms with Gasteiger partial charge < -0.3 is 14.8 Å². The Balaban J connectivity index is 1.44. The molecule has 1 unspecified atom stereocenters. The summed E-state index contributed by atoms with van der Waals surface area (Å²) in [6.07, 6.45) is 8.25. The maximum absolute atomic E-state index is 13.2. The van der Waals surface area contributed by atoms with E-state index in [9.17, 15) is 9.00 Å². The summed E-state index contributed by atoms with van der Waals surface area (Å²) in [5.41, 5.74) is 4.72. The number of aryl methyl sites for hydroxylation is 1. The number of rotatable bonds is 9. The quantitative estimate of drug-likeness (QED) is 0.395. The Morgan fingerprint density at radius 3 is 2.67 bits per heavy atom. The summed E-state index contributed by atoms with van der Waals surface area (Å²) in [5, 5.41) is 3.04. The van der Waals surface area contributed by atoms with Crippen molar-refractivity contribution in [1.29, 1.82) is 0 Å². The SMILES string of the molecule is CCCn1cncc1CS(=O)c1ccc(NC(=O)/C2=C/c3ccccc3N(CC(C)C)CCC2)cc1. The second-order valence-electron chi connectivity index (χ2n) is 9.72. The second-order valence-corrected chi connectivity index (χ2v) is 11.2. The van der Waals surface area contributed by atoms with E-state index in [0.717, 1.165) is 60.6 Å². The molecular weight excluding hydrogens is 468 g/mol. The summed E-state index contributed by atoms with van der Waals surface area (Å²) in [7, 11) is -1.18. The van der Waals surface area contributed by atoms with E-state index in [0.29, 0.717) is 17.4 Å². The lowest BCUT2D eigenvalue weighted by Gasteiger charge is -2.30. The summed E-state index contributed by atoms with van der Waals surface area (Å²) in [5.74, 6) is 0.908. The summed E-state index contributed by atoms with van der Waals surface area (Å²) >= 11 is 0. The van der Waals surface area contributed by atoms with Crippen molar-refractivity contribution < 1.29 is 9.00 Å². The van der Waals surface area contributed by atoms with E-state index in [4.69, 9.17) is 0 Å². The highest BCUT2D eigenvalue weighted by molar-refractivity contribution is 7.84. The van der Waals surface area contributed by atoms with Crippen molar-refractivity contribution in [2.24, 2.45) is 5.92 Å². The summed E-state index contributed by atoms with van der Waals surface area (Å²) in [6, 6.07) is 15.6.